The molecule has 1 aliphatic rings. The number of ether oxygens (including phenoxy) is 1. The van der Waals surface area contributed by atoms with Crippen LogP contribution in [0.3, 0.4) is 0 Å². The Kier molecular flexibility index (Phi) is 12.9. The minimum atomic E-state index is -0.771. The number of hydrogen-bond acceptors (Lipinski definition) is 4. The van der Waals surface area contributed by atoms with Gasteiger partial charge < -0.3 is 15.0 Å². The zero-order chi connectivity index (χ0) is 19.9. The van der Waals surface area contributed by atoms with Gasteiger partial charge in [-0.25, -0.2) is 0 Å². The largest absolute Gasteiger partial charge is 0.466 e. The van der Waals surface area contributed by atoms with Crippen molar-refractivity contribution in [2.45, 2.75) is 83.6 Å². The molecule has 1 rings (SSSR count). The van der Waals surface area contributed by atoms with Crippen molar-refractivity contribution in [3.05, 3.63) is 0 Å². The summed E-state index contributed by atoms with van der Waals surface area (Å²) in [5.74, 6) is -0.442. The number of piperazine rings is 1. The number of carbonyl (C=O) groups excluding carboxylic acids is 3. The van der Waals surface area contributed by atoms with E-state index in [1.807, 2.05) is 0 Å². The molecular formula is C20H35ClN2O4. The lowest BCUT2D eigenvalue weighted by atomic mass is 10.1. The lowest BCUT2D eigenvalue weighted by molar-refractivity contribution is -0.152. The van der Waals surface area contributed by atoms with Crippen molar-refractivity contribution in [1.29, 1.82) is 0 Å². The highest BCUT2D eigenvalue weighted by molar-refractivity contribution is 6.17. The van der Waals surface area contributed by atoms with Gasteiger partial charge >= 0.3 is 5.97 Å². The summed E-state index contributed by atoms with van der Waals surface area (Å²) < 4.78 is 5.27. The van der Waals surface area contributed by atoms with Crippen LogP contribution in [0.1, 0.15) is 77.6 Å². The number of hydrogen-bond donors (Lipinski definition) is 1. The molecule has 1 atom stereocenters. The first kappa shape index (κ1) is 23.7. The second kappa shape index (κ2) is 14.7. The third-order valence-corrected chi connectivity index (χ3v) is 5.06. The van der Waals surface area contributed by atoms with E-state index in [-0.39, 0.29) is 18.2 Å². The van der Waals surface area contributed by atoms with Gasteiger partial charge in [0.1, 0.15) is 6.04 Å². The fourth-order valence-corrected chi connectivity index (χ4v) is 3.35. The fraction of sp³-hybridized carbons (Fsp3) is 0.850. The molecular weight excluding hydrogens is 368 g/mol. The van der Waals surface area contributed by atoms with E-state index in [4.69, 9.17) is 16.3 Å². The average Bonchev–Trinajstić information content (AvgIpc) is 2.66. The maximum atomic E-state index is 12.3. The third kappa shape index (κ3) is 9.99. The van der Waals surface area contributed by atoms with Crippen molar-refractivity contribution in [3.8, 4) is 0 Å². The van der Waals surface area contributed by atoms with Gasteiger partial charge in [0, 0.05) is 25.4 Å². The van der Waals surface area contributed by atoms with E-state index in [0.717, 1.165) is 19.3 Å². The summed E-state index contributed by atoms with van der Waals surface area (Å²) in [5.41, 5.74) is 0. The Balaban J connectivity index is 2.25. The molecule has 1 N–H and O–H groups in total. The van der Waals surface area contributed by atoms with Crippen LogP contribution in [0.2, 0.25) is 0 Å². The number of unbranched alkanes of at least 4 members (excludes halogenated alkanes) is 7. The van der Waals surface area contributed by atoms with E-state index in [0.29, 0.717) is 38.4 Å². The number of amides is 2. The molecule has 1 saturated heterocycles. The molecule has 0 aromatic carbocycles. The smallest absolute Gasteiger partial charge is 0.308 e. The Labute approximate surface area is 168 Å². The molecule has 1 aliphatic heterocycles. The van der Waals surface area contributed by atoms with E-state index in [1.54, 1.807) is 0 Å². The monoisotopic (exact) mass is 402 g/mol. The van der Waals surface area contributed by atoms with Crippen LogP contribution in [0.15, 0.2) is 0 Å². The van der Waals surface area contributed by atoms with Crippen molar-refractivity contribution < 1.29 is 19.1 Å². The number of alkyl halides is 1. The Hall–Kier alpha value is -1.30. The van der Waals surface area contributed by atoms with Gasteiger partial charge in [-0.15, -0.1) is 11.6 Å². The van der Waals surface area contributed by atoms with Crippen LogP contribution in [0.4, 0.5) is 0 Å². The number of carbonyl (C=O) groups is 3. The van der Waals surface area contributed by atoms with Crippen molar-refractivity contribution in [2.24, 2.45) is 0 Å². The third-order valence-electron chi connectivity index (χ3n) is 4.80. The SMILES string of the molecule is CCCCCCCCCCOC(=O)CC1C(=O)NCCN1C(=O)CCCCl. The minimum Gasteiger partial charge on any atom is -0.466 e. The Morgan fingerprint density at radius 3 is 2.44 bits per heavy atom. The molecule has 0 aromatic heterocycles. The first-order chi connectivity index (χ1) is 13.1. The van der Waals surface area contributed by atoms with Crippen molar-refractivity contribution in [1.82, 2.24) is 10.2 Å². The number of rotatable bonds is 14. The molecule has 0 spiro atoms. The van der Waals surface area contributed by atoms with Gasteiger partial charge in [0.15, 0.2) is 0 Å². The highest BCUT2D eigenvalue weighted by Crippen LogP contribution is 2.13. The average molecular weight is 403 g/mol. The normalized spacial score (nSPS) is 16.9. The summed E-state index contributed by atoms with van der Waals surface area (Å²) in [6.07, 6.45) is 10.2. The predicted molar refractivity (Wildman–Crippen MR) is 107 cm³/mol. The summed E-state index contributed by atoms with van der Waals surface area (Å²) >= 11 is 5.63. The topological polar surface area (TPSA) is 75.7 Å². The van der Waals surface area contributed by atoms with Crippen molar-refractivity contribution in [3.63, 3.8) is 0 Å². The molecule has 0 aromatic rings. The molecule has 1 unspecified atom stereocenters. The van der Waals surface area contributed by atoms with E-state index < -0.39 is 12.0 Å². The highest BCUT2D eigenvalue weighted by atomic mass is 35.5. The van der Waals surface area contributed by atoms with Crippen LogP contribution in [-0.2, 0) is 19.1 Å². The lowest BCUT2D eigenvalue weighted by Gasteiger charge is -2.34. The Morgan fingerprint density at radius 1 is 1.11 bits per heavy atom. The van der Waals surface area contributed by atoms with Gasteiger partial charge in [-0.2, -0.15) is 0 Å². The quantitative estimate of drug-likeness (QED) is 0.274. The summed E-state index contributed by atoms with van der Waals surface area (Å²) in [7, 11) is 0. The molecule has 0 radical (unpaired) electrons. The zero-order valence-electron chi connectivity index (χ0n) is 16.6. The van der Waals surface area contributed by atoms with Crippen molar-refractivity contribution >= 4 is 29.4 Å². The summed E-state index contributed by atoms with van der Waals surface area (Å²) in [6, 6.07) is -0.771. The molecule has 0 bridgehead atoms. The molecule has 7 heteroatoms. The maximum Gasteiger partial charge on any atom is 0.308 e. The van der Waals surface area contributed by atoms with Gasteiger partial charge in [-0.1, -0.05) is 51.9 Å². The lowest BCUT2D eigenvalue weighted by Crippen LogP contribution is -2.57. The van der Waals surface area contributed by atoms with Crippen LogP contribution in [0, 0.1) is 0 Å². The molecule has 156 valence electrons. The minimum absolute atomic E-state index is 0.0878. The first-order valence-corrected chi connectivity index (χ1v) is 10.9. The second-order valence-electron chi connectivity index (χ2n) is 7.09. The van der Waals surface area contributed by atoms with Crippen LogP contribution < -0.4 is 5.32 Å². The molecule has 1 heterocycles. The van der Waals surface area contributed by atoms with Crippen LogP contribution in [0.5, 0.6) is 0 Å². The van der Waals surface area contributed by atoms with Crippen LogP contribution in [0.25, 0.3) is 0 Å². The number of nitrogens with zero attached hydrogens (tertiary/aromatic N) is 1. The molecule has 1 fully saturated rings. The van der Waals surface area contributed by atoms with E-state index in [2.05, 4.69) is 12.2 Å². The van der Waals surface area contributed by atoms with E-state index >= 15 is 0 Å². The number of esters is 1. The van der Waals surface area contributed by atoms with Crippen LogP contribution in [-0.4, -0.2) is 54.3 Å². The van der Waals surface area contributed by atoms with Crippen molar-refractivity contribution in [2.75, 3.05) is 25.6 Å². The number of nitrogens with one attached hydrogen (secondary N) is 1. The van der Waals surface area contributed by atoms with Gasteiger partial charge in [0.05, 0.1) is 13.0 Å². The molecule has 0 aliphatic carbocycles. The summed E-state index contributed by atoms with van der Waals surface area (Å²) in [5, 5.41) is 2.72. The standard InChI is InChI=1S/C20H35ClN2O4/c1-2-3-4-5-6-7-8-9-15-27-19(25)16-17-20(26)22-13-14-23(17)18(24)11-10-12-21/h17H,2-16H2,1H3,(H,22,26). The van der Waals surface area contributed by atoms with Gasteiger partial charge in [-0.3, -0.25) is 14.4 Å². The molecule has 6 nitrogen and oxygen atoms in total. The Bertz CT molecular complexity index is 459. The Morgan fingerprint density at radius 2 is 1.78 bits per heavy atom. The highest BCUT2D eigenvalue weighted by Gasteiger charge is 2.34. The maximum absolute atomic E-state index is 12.3. The predicted octanol–water partition coefficient (Wildman–Crippen LogP) is 3.41. The molecule has 2 amide bonds. The number of halogens is 1. The van der Waals surface area contributed by atoms with E-state index in [9.17, 15) is 14.4 Å². The molecule has 0 saturated carbocycles. The van der Waals surface area contributed by atoms with E-state index in [1.165, 1.54) is 37.0 Å². The summed E-state index contributed by atoms with van der Waals surface area (Å²) in [4.78, 5) is 37.9. The zero-order valence-corrected chi connectivity index (χ0v) is 17.4. The first-order valence-electron chi connectivity index (χ1n) is 10.4. The second-order valence-corrected chi connectivity index (χ2v) is 7.46. The van der Waals surface area contributed by atoms with Gasteiger partial charge in [0.25, 0.3) is 0 Å². The van der Waals surface area contributed by atoms with Gasteiger partial charge in [-0.05, 0) is 12.8 Å². The molecule has 27 heavy (non-hydrogen) atoms. The van der Waals surface area contributed by atoms with Gasteiger partial charge in [0.2, 0.25) is 11.8 Å². The van der Waals surface area contributed by atoms with Crippen LogP contribution >= 0.6 is 11.6 Å². The fourth-order valence-electron chi connectivity index (χ4n) is 3.22. The summed E-state index contributed by atoms with van der Waals surface area (Å²) in [6.45, 7) is 3.42.